The number of aryl methyl sites for hydroxylation is 1. The van der Waals surface area contributed by atoms with Crippen molar-refractivity contribution in [2.24, 2.45) is 0 Å². The minimum atomic E-state index is -0.773. The van der Waals surface area contributed by atoms with Crippen LogP contribution in [0.2, 0.25) is 0 Å². The first-order valence-corrected chi connectivity index (χ1v) is 7.26. The number of rotatable bonds is 4. The SMILES string of the molecule is Cc1ccsc1CC(C(=O)O)c1ccc(Br)cc1. The molecular weight excluding hydrogens is 312 g/mol. The molecule has 2 nitrogen and oxygen atoms in total. The Morgan fingerprint density at radius 2 is 2.00 bits per heavy atom. The monoisotopic (exact) mass is 324 g/mol. The van der Waals surface area contributed by atoms with Crippen molar-refractivity contribution in [1.29, 1.82) is 0 Å². The summed E-state index contributed by atoms with van der Waals surface area (Å²) in [5.41, 5.74) is 2.02. The summed E-state index contributed by atoms with van der Waals surface area (Å²) in [5.74, 6) is -1.25. The van der Waals surface area contributed by atoms with Crippen LogP contribution in [0.3, 0.4) is 0 Å². The molecule has 0 saturated carbocycles. The molecule has 1 atom stereocenters. The van der Waals surface area contributed by atoms with Crippen LogP contribution in [0.5, 0.6) is 0 Å². The van der Waals surface area contributed by atoms with E-state index in [4.69, 9.17) is 0 Å². The fourth-order valence-corrected chi connectivity index (χ4v) is 3.06. The third kappa shape index (κ3) is 3.00. The van der Waals surface area contributed by atoms with E-state index in [1.54, 1.807) is 11.3 Å². The Morgan fingerprint density at radius 1 is 1.33 bits per heavy atom. The zero-order chi connectivity index (χ0) is 13.1. The van der Waals surface area contributed by atoms with Crippen LogP contribution in [-0.4, -0.2) is 11.1 Å². The molecule has 2 rings (SSSR count). The lowest BCUT2D eigenvalue weighted by Gasteiger charge is -2.12. The largest absolute Gasteiger partial charge is 0.481 e. The molecule has 0 aliphatic heterocycles. The molecule has 0 radical (unpaired) electrons. The number of thiophene rings is 1. The predicted octanol–water partition coefficient (Wildman–Crippen LogP) is 4.23. The van der Waals surface area contributed by atoms with Crippen LogP contribution in [0.25, 0.3) is 0 Å². The van der Waals surface area contributed by atoms with Crippen LogP contribution in [0.1, 0.15) is 21.9 Å². The highest BCUT2D eigenvalue weighted by molar-refractivity contribution is 9.10. The molecule has 18 heavy (non-hydrogen) atoms. The maximum Gasteiger partial charge on any atom is 0.311 e. The second kappa shape index (κ2) is 5.67. The van der Waals surface area contributed by atoms with E-state index >= 15 is 0 Å². The summed E-state index contributed by atoms with van der Waals surface area (Å²) in [5, 5.41) is 11.4. The van der Waals surface area contributed by atoms with Gasteiger partial charge in [0.05, 0.1) is 5.92 Å². The Kier molecular flexibility index (Phi) is 4.19. The molecule has 94 valence electrons. The first-order valence-electron chi connectivity index (χ1n) is 5.59. The minimum Gasteiger partial charge on any atom is -0.481 e. The smallest absolute Gasteiger partial charge is 0.311 e. The molecule has 0 fully saturated rings. The number of carbonyl (C=O) groups is 1. The fraction of sp³-hybridized carbons (Fsp3) is 0.214. The average molecular weight is 325 g/mol. The minimum absolute atomic E-state index is 0.476. The van der Waals surface area contributed by atoms with Crippen LogP contribution in [0.4, 0.5) is 0 Å². The molecule has 0 amide bonds. The van der Waals surface area contributed by atoms with Gasteiger partial charge in [-0.05, 0) is 48.1 Å². The van der Waals surface area contributed by atoms with E-state index in [9.17, 15) is 9.90 Å². The fourth-order valence-electron chi connectivity index (χ4n) is 1.84. The van der Waals surface area contributed by atoms with Crippen molar-refractivity contribution in [3.8, 4) is 0 Å². The van der Waals surface area contributed by atoms with Gasteiger partial charge in [0.25, 0.3) is 0 Å². The normalized spacial score (nSPS) is 12.3. The van der Waals surface area contributed by atoms with Crippen molar-refractivity contribution in [1.82, 2.24) is 0 Å². The molecule has 1 aromatic carbocycles. The lowest BCUT2D eigenvalue weighted by Crippen LogP contribution is -2.14. The van der Waals surface area contributed by atoms with Gasteiger partial charge < -0.3 is 5.11 Å². The van der Waals surface area contributed by atoms with Gasteiger partial charge in [-0.1, -0.05) is 28.1 Å². The molecule has 1 aromatic heterocycles. The standard InChI is InChI=1S/C14H13BrO2S/c1-9-6-7-18-13(9)8-12(14(16)17)10-2-4-11(15)5-3-10/h2-7,12H,8H2,1H3,(H,16,17). The molecule has 1 N–H and O–H groups in total. The summed E-state index contributed by atoms with van der Waals surface area (Å²) >= 11 is 4.98. The molecule has 4 heteroatoms. The number of halogens is 1. The molecular formula is C14H13BrO2S. The maximum atomic E-state index is 11.4. The second-order valence-corrected chi connectivity index (χ2v) is 6.09. The molecule has 0 spiro atoms. The number of benzene rings is 1. The summed E-state index contributed by atoms with van der Waals surface area (Å²) in [4.78, 5) is 12.6. The number of aliphatic carboxylic acids is 1. The summed E-state index contributed by atoms with van der Waals surface area (Å²) in [7, 11) is 0. The quantitative estimate of drug-likeness (QED) is 0.913. The highest BCUT2D eigenvalue weighted by atomic mass is 79.9. The van der Waals surface area contributed by atoms with Crippen LogP contribution in [0, 0.1) is 6.92 Å². The predicted molar refractivity (Wildman–Crippen MR) is 77.3 cm³/mol. The summed E-state index contributed by atoms with van der Waals surface area (Å²) in [6.07, 6.45) is 0.556. The third-order valence-corrected chi connectivity index (χ3v) is 4.50. The molecule has 0 bridgehead atoms. The van der Waals surface area contributed by atoms with Gasteiger partial charge in [0, 0.05) is 9.35 Å². The van der Waals surface area contributed by atoms with E-state index in [1.165, 1.54) is 5.56 Å². The van der Waals surface area contributed by atoms with Crippen LogP contribution >= 0.6 is 27.3 Å². The Balaban J connectivity index is 2.27. The molecule has 0 aliphatic carbocycles. The summed E-state index contributed by atoms with van der Waals surface area (Å²) in [6, 6.07) is 9.53. The summed E-state index contributed by atoms with van der Waals surface area (Å²) in [6.45, 7) is 2.02. The van der Waals surface area contributed by atoms with E-state index in [-0.39, 0.29) is 0 Å². The highest BCUT2D eigenvalue weighted by Crippen LogP contribution is 2.27. The van der Waals surface area contributed by atoms with Crippen molar-refractivity contribution in [3.63, 3.8) is 0 Å². The third-order valence-electron chi connectivity index (χ3n) is 2.93. The van der Waals surface area contributed by atoms with Crippen molar-refractivity contribution in [2.75, 3.05) is 0 Å². The van der Waals surface area contributed by atoms with Gasteiger partial charge in [0.1, 0.15) is 0 Å². The average Bonchev–Trinajstić information content (AvgIpc) is 2.73. The van der Waals surface area contributed by atoms with Crippen molar-refractivity contribution >= 4 is 33.2 Å². The first-order chi connectivity index (χ1) is 8.58. The lowest BCUT2D eigenvalue weighted by molar-refractivity contribution is -0.138. The first kappa shape index (κ1) is 13.3. The number of hydrogen-bond acceptors (Lipinski definition) is 2. The molecule has 1 heterocycles. The van der Waals surface area contributed by atoms with Gasteiger partial charge in [-0.25, -0.2) is 0 Å². The number of carboxylic acids is 1. The Labute approximate surface area is 118 Å². The van der Waals surface area contributed by atoms with Crippen LogP contribution in [-0.2, 0) is 11.2 Å². The van der Waals surface area contributed by atoms with E-state index in [0.29, 0.717) is 6.42 Å². The molecule has 2 aromatic rings. The van der Waals surface area contributed by atoms with Crippen molar-refractivity contribution < 1.29 is 9.90 Å². The van der Waals surface area contributed by atoms with E-state index in [2.05, 4.69) is 15.9 Å². The number of carboxylic acid groups (broad SMARTS) is 1. The van der Waals surface area contributed by atoms with Gasteiger partial charge in [0.15, 0.2) is 0 Å². The van der Waals surface area contributed by atoms with Crippen molar-refractivity contribution in [2.45, 2.75) is 19.3 Å². The van der Waals surface area contributed by atoms with Gasteiger partial charge >= 0.3 is 5.97 Å². The van der Waals surface area contributed by atoms with E-state index in [1.807, 2.05) is 42.6 Å². The maximum absolute atomic E-state index is 11.4. The Hall–Kier alpha value is -1.13. The molecule has 0 aliphatic rings. The van der Waals surface area contributed by atoms with E-state index < -0.39 is 11.9 Å². The molecule has 0 saturated heterocycles. The van der Waals surface area contributed by atoms with E-state index in [0.717, 1.165) is 14.9 Å². The van der Waals surface area contributed by atoms with Crippen LogP contribution in [0.15, 0.2) is 40.2 Å². The van der Waals surface area contributed by atoms with Gasteiger partial charge in [-0.3, -0.25) is 4.79 Å². The van der Waals surface area contributed by atoms with Crippen LogP contribution < -0.4 is 0 Å². The second-order valence-electron chi connectivity index (χ2n) is 4.17. The van der Waals surface area contributed by atoms with Gasteiger partial charge in [-0.15, -0.1) is 11.3 Å². The Morgan fingerprint density at radius 3 is 2.50 bits per heavy atom. The highest BCUT2D eigenvalue weighted by Gasteiger charge is 2.21. The lowest BCUT2D eigenvalue weighted by atomic mass is 9.94. The van der Waals surface area contributed by atoms with Gasteiger partial charge in [0.2, 0.25) is 0 Å². The van der Waals surface area contributed by atoms with Gasteiger partial charge in [-0.2, -0.15) is 0 Å². The topological polar surface area (TPSA) is 37.3 Å². The molecule has 1 unspecified atom stereocenters. The zero-order valence-corrected chi connectivity index (χ0v) is 12.3. The Bertz CT molecular complexity index is 545. The summed E-state index contributed by atoms with van der Waals surface area (Å²) < 4.78 is 0.961. The number of hydrogen-bond donors (Lipinski definition) is 1. The van der Waals surface area contributed by atoms with Crippen molar-refractivity contribution in [3.05, 3.63) is 56.2 Å². The zero-order valence-electron chi connectivity index (χ0n) is 9.89.